The summed E-state index contributed by atoms with van der Waals surface area (Å²) in [5.74, 6) is -11.5. The Balaban J connectivity index is 0.000000454. The topological polar surface area (TPSA) is 54.4 Å². The normalized spacial score (nSPS) is 13.5. The van der Waals surface area contributed by atoms with Crippen LogP contribution in [0.15, 0.2) is 137 Å². The van der Waals surface area contributed by atoms with Gasteiger partial charge in [0.05, 0.1) is 0 Å². The molecule has 0 spiro atoms. The second kappa shape index (κ2) is 20.7. The second-order valence-electron chi connectivity index (χ2n) is 13.6. The quantitative estimate of drug-likeness (QED) is 0.0332. The molecule has 5 rings (SSSR count). The van der Waals surface area contributed by atoms with Crippen LogP contribution in [-0.4, -0.2) is 35.4 Å². The molecule has 5 aromatic rings. The van der Waals surface area contributed by atoms with Crippen molar-refractivity contribution in [1.29, 1.82) is 0 Å². The van der Waals surface area contributed by atoms with Gasteiger partial charge in [-0.2, -0.15) is 34.8 Å². The molecule has 1 N–H and O–H groups in total. The van der Waals surface area contributed by atoms with Gasteiger partial charge in [-0.3, -0.25) is 4.55 Å². The smallest absolute Gasteiger partial charge is 0.281 e. The Kier molecular flexibility index (Phi) is 16.8. The monoisotopic (exact) mass is 888 g/mol. The zero-order valence-corrected chi connectivity index (χ0v) is 34.7. The van der Waals surface area contributed by atoms with Crippen LogP contribution < -0.4 is 15.9 Å². The zero-order valence-electron chi connectivity index (χ0n) is 31.5. The van der Waals surface area contributed by atoms with E-state index in [4.69, 9.17) is 16.2 Å². The van der Waals surface area contributed by atoms with Crippen LogP contribution in [0.1, 0.15) is 63.0 Å². The number of hydrogen-bond acceptors (Lipinski definition) is 3. The summed E-state index contributed by atoms with van der Waals surface area (Å²) in [6.07, 6.45) is 6.65. The highest BCUT2D eigenvalue weighted by molar-refractivity contribution is 7.99. The lowest BCUT2D eigenvalue weighted by Gasteiger charge is -2.28. The van der Waals surface area contributed by atoms with Crippen molar-refractivity contribution in [2.45, 2.75) is 90.6 Å². The summed E-state index contributed by atoms with van der Waals surface area (Å²) < 4.78 is 127. The summed E-state index contributed by atoms with van der Waals surface area (Å²) >= 11 is 8.84. The van der Waals surface area contributed by atoms with E-state index in [2.05, 4.69) is 85.8 Å². The van der Waals surface area contributed by atoms with E-state index in [1.165, 1.54) is 66.0 Å². The lowest BCUT2D eigenvalue weighted by molar-refractivity contribution is -0.273. The van der Waals surface area contributed by atoms with E-state index in [0.29, 0.717) is 5.92 Å². The predicted octanol–water partition coefficient (Wildman–Crippen LogP) is 12.5. The SMILES string of the molecule is CC(F)(F)C(F)(F)C(F)(F)S(=O)(=O)O.CCCCCC(CC(Cl)Cc1ccccc1Sc1ccc(P(c2ccc(F)cc2)c2ccc(F)cc2)cc1)c1ccccc1. The largest absolute Gasteiger partial charge is 0.437 e. The summed E-state index contributed by atoms with van der Waals surface area (Å²) in [6.45, 7) is 1.66. The Hall–Kier alpha value is -3.48. The molecular weight excluding hydrogens is 847 g/mol. The van der Waals surface area contributed by atoms with Crippen molar-refractivity contribution in [3.05, 3.63) is 150 Å². The van der Waals surface area contributed by atoms with Gasteiger partial charge in [-0.05, 0) is 103 Å². The Labute approximate surface area is 344 Å². The van der Waals surface area contributed by atoms with Gasteiger partial charge in [-0.25, -0.2) is 8.78 Å². The predicted molar refractivity (Wildman–Crippen MR) is 219 cm³/mol. The van der Waals surface area contributed by atoms with Crippen molar-refractivity contribution in [1.82, 2.24) is 0 Å². The van der Waals surface area contributed by atoms with Crippen LogP contribution in [-0.2, 0) is 16.5 Å². The third-order valence-electron chi connectivity index (χ3n) is 9.11. The number of unbranched alkanes of at least 4 members (excludes halogenated alkanes) is 2. The zero-order chi connectivity index (χ0) is 42.7. The number of alkyl halides is 7. The molecule has 0 saturated heterocycles. The molecule has 0 fully saturated rings. The van der Waals surface area contributed by atoms with Crippen molar-refractivity contribution < 1.29 is 48.1 Å². The lowest BCUT2D eigenvalue weighted by Crippen LogP contribution is -2.56. The van der Waals surface area contributed by atoms with Crippen LogP contribution in [0, 0.1) is 11.6 Å². The van der Waals surface area contributed by atoms with Gasteiger partial charge >= 0.3 is 27.2 Å². The van der Waals surface area contributed by atoms with Crippen LogP contribution in [0.5, 0.6) is 0 Å². The first kappa shape index (κ1) is 47.2. The van der Waals surface area contributed by atoms with Gasteiger partial charge in [0.1, 0.15) is 11.6 Å². The van der Waals surface area contributed by atoms with Gasteiger partial charge in [0.15, 0.2) is 0 Å². The first-order chi connectivity index (χ1) is 27.2. The van der Waals surface area contributed by atoms with Crippen LogP contribution >= 0.6 is 31.3 Å². The van der Waals surface area contributed by atoms with Gasteiger partial charge in [0.2, 0.25) is 0 Å². The van der Waals surface area contributed by atoms with E-state index in [1.807, 2.05) is 24.3 Å². The lowest BCUT2D eigenvalue weighted by atomic mass is 9.88. The first-order valence-corrected chi connectivity index (χ1v) is 22.2. The molecule has 2 atom stereocenters. The molecule has 58 heavy (non-hydrogen) atoms. The minimum Gasteiger partial charge on any atom is -0.281 e. The fourth-order valence-electron chi connectivity index (χ4n) is 6.02. The van der Waals surface area contributed by atoms with Crippen LogP contribution in [0.25, 0.3) is 0 Å². The molecule has 0 radical (unpaired) electrons. The highest BCUT2D eigenvalue weighted by Gasteiger charge is 2.75. The molecule has 5 aromatic carbocycles. The van der Waals surface area contributed by atoms with Gasteiger partial charge in [0, 0.05) is 22.1 Å². The van der Waals surface area contributed by atoms with Crippen molar-refractivity contribution in [2.24, 2.45) is 0 Å². The van der Waals surface area contributed by atoms with Gasteiger partial charge < -0.3 is 0 Å². The summed E-state index contributed by atoms with van der Waals surface area (Å²) in [4.78, 5) is 2.36. The highest BCUT2D eigenvalue weighted by Crippen LogP contribution is 2.47. The Morgan fingerprint density at radius 1 is 0.707 bits per heavy atom. The van der Waals surface area contributed by atoms with Crippen molar-refractivity contribution in [3.63, 3.8) is 0 Å². The van der Waals surface area contributed by atoms with E-state index in [-0.39, 0.29) is 17.0 Å². The second-order valence-corrected chi connectivity index (χ2v) is 19.0. The third-order valence-corrected chi connectivity index (χ3v) is 13.9. The molecule has 2 unspecified atom stereocenters. The van der Waals surface area contributed by atoms with Crippen molar-refractivity contribution in [2.75, 3.05) is 0 Å². The number of rotatable bonds is 17. The average molecular weight is 889 g/mol. The summed E-state index contributed by atoms with van der Waals surface area (Å²) in [5.41, 5.74) is 2.65. The number of halogens is 9. The van der Waals surface area contributed by atoms with E-state index in [1.54, 1.807) is 11.8 Å². The van der Waals surface area contributed by atoms with Crippen LogP contribution in [0.4, 0.5) is 35.1 Å². The molecular formula is C43H42ClF8O3PS2. The molecule has 0 aliphatic rings. The van der Waals surface area contributed by atoms with Gasteiger partial charge in [-0.15, -0.1) is 11.6 Å². The van der Waals surface area contributed by atoms with E-state index < -0.39 is 42.1 Å². The van der Waals surface area contributed by atoms with Gasteiger partial charge in [-0.1, -0.05) is 123 Å². The van der Waals surface area contributed by atoms with E-state index in [0.717, 1.165) is 33.7 Å². The van der Waals surface area contributed by atoms with Crippen molar-refractivity contribution in [3.8, 4) is 0 Å². The van der Waals surface area contributed by atoms with Crippen LogP contribution in [0.2, 0.25) is 0 Å². The number of benzene rings is 5. The molecule has 312 valence electrons. The Morgan fingerprint density at radius 3 is 1.66 bits per heavy atom. The molecule has 0 bridgehead atoms. The maximum Gasteiger partial charge on any atom is 0.437 e. The third kappa shape index (κ3) is 12.5. The molecule has 3 nitrogen and oxygen atoms in total. The molecule has 0 aromatic heterocycles. The fraction of sp³-hybridized carbons (Fsp3) is 0.302. The number of hydrogen-bond donors (Lipinski definition) is 1. The van der Waals surface area contributed by atoms with Crippen molar-refractivity contribution >= 4 is 57.3 Å². The molecule has 0 aliphatic carbocycles. The first-order valence-electron chi connectivity index (χ1n) is 18.2. The maximum absolute atomic E-state index is 13.7. The molecule has 15 heteroatoms. The highest BCUT2D eigenvalue weighted by atomic mass is 35.5. The summed E-state index contributed by atoms with van der Waals surface area (Å²) in [6, 6.07) is 41.3. The maximum atomic E-state index is 13.7. The summed E-state index contributed by atoms with van der Waals surface area (Å²) in [7, 11) is -7.56. The summed E-state index contributed by atoms with van der Waals surface area (Å²) in [5, 5.41) is -3.02. The van der Waals surface area contributed by atoms with E-state index in [9.17, 15) is 43.5 Å². The average Bonchev–Trinajstić information content (AvgIpc) is 3.17. The van der Waals surface area contributed by atoms with E-state index >= 15 is 0 Å². The minimum atomic E-state index is -6.61. The van der Waals surface area contributed by atoms with Crippen LogP contribution in [0.3, 0.4) is 0 Å². The minimum absolute atomic E-state index is 0.0425. The molecule has 0 aliphatic heterocycles. The standard InChI is InChI=1S/C39H38ClF2PS.C4H4F6O3S/c1-2-3-5-12-30(29-10-6-4-7-11-29)27-32(40)28-31-13-8-9-14-39(31)44-38-25-23-37(24-26-38)43(35-19-15-33(41)16-20-35)36-21-17-34(42)18-22-36;1-2(5,6)3(7,8)4(9,10)14(11,12)13/h4,6-11,13-26,30,32H,2-3,5,12,27-28H2,1H3;1H3,(H,11,12,13). The Morgan fingerprint density at radius 2 is 1.19 bits per heavy atom. The molecule has 0 amide bonds. The molecule has 0 saturated carbocycles. The van der Waals surface area contributed by atoms with Gasteiger partial charge in [0.25, 0.3) is 0 Å². The molecule has 0 heterocycles. The fourth-order valence-corrected chi connectivity index (χ4v) is 10.1. The Bertz CT molecular complexity index is 2090.